The Kier molecular flexibility index (Phi) is 5.40. The van der Waals surface area contributed by atoms with Gasteiger partial charge >= 0.3 is 6.36 Å². The number of thiazole rings is 1. The van der Waals surface area contributed by atoms with Crippen LogP contribution in [0, 0.1) is 0 Å². The topological polar surface area (TPSA) is 81.2 Å². The predicted molar refractivity (Wildman–Crippen MR) is 97.0 cm³/mol. The second kappa shape index (κ2) is 7.44. The molecule has 0 fully saturated rings. The number of nitrogens with zero attached hydrogens (tertiary/aromatic N) is 2. The Morgan fingerprint density at radius 2 is 1.96 bits per heavy atom. The minimum absolute atomic E-state index is 0.0680. The molecule has 2 aromatic heterocycles. The lowest BCUT2D eigenvalue weighted by Crippen LogP contribution is -2.21. The molecule has 6 nitrogen and oxygen atoms in total. The molecule has 0 unspecified atom stereocenters. The highest BCUT2D eigenvalue weighted by Crippen LogP contribution is 2.33. The van der Waals surface area contributed by atoms with E-state index in [2.05, 4.69) is 35.4 Å². The molecule has 1 aromatic carbocycles. The fourth-order valence-electron chi connectivity index (χ4n) is 2.10. The Morgan fingerprint density at radius 1 is 1.19 bits per heavy atom. The van der Waals surface area contributed by atoms with E-state index >= 15 is 0 Å². The highest BCUT2D eigenvalue weighted by molar-refractivity contribution is 9.10. The number of hydrogen-bond donors (Lipinski definition) is 1. The molecular weight excluding hydrogens is 471 g/mol. The maximum absolute atomic E-state index is 12.6. The van der Waals surface area contributed by atoms with Gasteiger partial charge in [0.25, 0.3) is 10.0 Å². The van der Waals surface area contributed by atoms with E-state index in [1.807, 2.05) is 0 Å². The molecule has 2 heterocycles. The summed E-state index contributed by atoms with van der Waals surface area (Å²) < 4.78 is 69.3. The van der Waals surface area contributed by atoms with Crippen molar-refractivity contribution in [1.82, 2.24) is 9.97 Å². The molecule has 27 heavy (non-hydrogen) atoms. The third-order valence-electron chi connectivity index (χ3n) is 3.14. The number of hydrogen-bond acceptors (Lipinski definition) is 6. The number of rotatable bonds is 5. The lowest BCUT2D eigenvalue weighted by Gasteiger charge is -2.15. The molecule has 0 radical (unpaired) electrons. The minimum atomic E-state index is -5.04. The lowest BCUT2D eigenvalue weighted by molar-refractivity contribution is -0.275. The van der Waals surface area contributed by atoms with Gasteiger partial charge in [-0.3, -0.25) is 9.71 Å². The zero-order valence-electron chi connectivity index (χ0n) is 13.1. The second-order valence-electron chi connectivity index (χ2n) is 5.08. The van der Waals surface area contributed by atoms with Crippen molar-refractivity contribution in [3.05, 3.63) is 52.0 Å². The van der Waals surface area contributed by atoms with Gasteiger partial charge in [0, 0.05) is 21.6 Å². The summed E-state index contributed by atoms with van der Waals surface area (Å²) in [5, 5.41) is 1.75. The molecule has 142 valence electrons. The van der Waals surface area contributed by atoms with Crippen molar-refractivity contribution < 1.29 is 26.3 Å². The number of pyridine rings is 1. The minimum Gasteiger partial charge on any atom is -0.404 e. The van der Waals surface area contributed by atoms with Crippen LogP contribution in [0.5, 0.6) is 5.75 Å². The van der Waals surface area contributed by atoms with Crippen molar-refractivity contribution in [2.45, 2.75) is 11.3 Å². The molecule has 3 aromatic rings. The van der Waals surface area contributed by atoms with Gasteiger partial charge in [-0.1, -0.05) is 15.9 Å². The van der Waals surface area contributed by atoms with E-state index in [0.717, 1.165) is 12.1 Å². The number of benzene rings is 1. The lowest BCUT2D eigenvalue weighted by atomic mass is 10.2. The van der Waals surface area contributed by atoms with E-state index in [-0.39, 0.29) is 10.2 Å². The van der Waals surface area contributed by atoms with Crippen LogP contribution in [-0.4, -0.2) is 24.7 Å². The van der Waals surface area contributed by atoms with E-state index in [1.165, 1.54) is 35.9 Å². The van der Waals surface area contributed by atoms with Gasteiger partial charge in [0.15, 0.2) is 0 Å². The highest BCUT2D eigenvalue weighted by atomic mass is 79.9. The molecule has 12 heteroatoms. The summed E-state index contributed by atoms with van der Waals surface area (Å²) >= 11 is 4.40. The van der Waals surface area contributed by atoms with Crippen LogP contribution in [0.3, 0.4) is 0 Å². The summed E-state index contributed by atoms with van der Waals surface area (Å²) in [7, 11) is -4.39. The summed E-state index contributed by atoms with van der Waals surface area (Å²) in [5.41, 5.74) is 2.82. The Hall–Kier alpha value is -2.18. The molecule has 3 rings (SSSR count). The van der Waals surface area contributed by atoms with Crippen molar-refractivity contribution in [3.63, 3.8) is 0 Å². The average Bonchev–Trinajstić information content (AvgIpc) is 3.09. The SMILES string of the molecule is O=S(=O)(Nc1cncc(-c2cscn2)c1)c1cc(Br)ccc1OC(F)(F)F. The van der Waals surface area contributed by atoms with Crippen LogP contribution in [0.15, 0.2) is 56.9 Å². The first-order valence-electron chi connectivity index (χ1n) is 7.06. The highest BCUT2D eigenvalue weighted by Gasteiger charge is 2.34. The monoisotopic (exact) mass is 479 g/mol. The van der Waals surface area contributed by atoms with Gasteiger partial charge in [-0.05, 0) is 24.3 Å². The quantitative estimate of drug-likeness (QED) is 0.575. The van der Waals surface area contributed by atoms with Gasteiger partial charge < -0.3 is 4.74 Å². The molecule has 0 atom stereocenters. The summed E-state index contributed by atoms with van der Waals surface area (Å²) in [6.07, 6.45) is -2.32. The Balaban J connectivity index is 1.96. The van der Waals surface area contributed by atoms with E-state index < -0.39 is 27.0 Å². The molecule has 0 aliphatic rings. The fourth-order valence-corrected chi connectivity index (χ4v) is 4.36. The van der Waals surface area contributed by atoms with Gasteiger partial charge in [-0.15, -0.1) is 24.5 Å². The normalized spacial score (nSPS) is 12.0. The fraction of sp³-hybridized carbons (Fsp3) is 0.0667. The zero-order valence-corrected chi connectivity index (χ0v) is 16.3. The Labute approximate surface area is 164 Å². The van der Waals surface area contributed by atoms with Crippen LogP contribution in [0.1, 0.15) is 0 Å². The molecule has 0 saturated heterocycles. The molecule has 1 N–H and O–H groups in total. The van der Waals surface area contributed by atoms with Crippen LogP contribution in [0.2, 0.25) is 0 Å². The van der Waals surface area contributed by atoms with Gasteiger partial charge in [0.05, 0.1) is 23.1 Å². The maximum atomic E-state index is 12.6. The summed E-state index contributed by atoms with van der Waals surface area (Å²) in [5.74, 6) is -0.846. The van der Waals surface area contributed by atoms with E-state index in [4.69, 9.17) is 0 Å². The average molecular weight is 480 g/mol. The number of halogens is 4. The number of nitrogens with one attached hydrogen (secondary N) is 1. The second-order valence-corrected chi connectivity index (χ2v) is 8.37. The van der Waals surface area contributed by atoms with Gasteiger partial charge in [0.1, 0.15) is 10.6 Å². The Bertz CT molecular complexity index is 1060. The van der Waals surface area contributed by atoms with Crippen LogP contribution < -0.4 is 9.46 Å². The van der Waals surface area contributed by atoms with Gasteiger partial charge in [-0.2, -0.15) is 0 Å². The zero-order chi connectivity index (χ0) is 19.7. The van der Waals surface area contributed by atoms with Gasteiger partial charge in [0.2, 0.25) is 0 Å². The smallest absolute Gasteiger partial charge is 0.404 e. The molecule has 0 aliphatic heterocycles. The summed E-state index contributed by atoms with van der Waals surface area (Å²) in [4.78, 5) is 7.36. The van der Waals surface area contributed by atoms with Crippen LogP contribution in [-0.2, 0) is 10.0 Å². The number of ether oxygens (including phenoxy) is 1. The van der Waals surface area contributed by atoms with E-state index in [0.29, 0.717) is 11.3 Å². The standard InChI is InChI=1S/C15H9BrF3N3O3S2/c16-10-1-2-13(25-15(17,18)19)14(4-10)27(23,24)22-11-3-9(5-20-6-11)12-7-26-8-21-12/h1-8,22H. The maximum Gasteiger partial charge on any atom is 0.573 e. The van der Waals surface area contributed by atoms with Crippen LogP contribution >= 0.6 is 27.3 Å². The van der Waals surface area contributed by atoms with Gasteiger partial charge in [-0.25, -0.2) is 13.4 Å². The first kappa shape index (κ1) is 19.6. The summed E-state index contributed by atoms with van der Waals surface area (Å²) in [6, 6.07) is 4.64. The van der Waals surface area contributed by atoms with Crippen LogP contribution in [0.25, 0.3) is 11.3 Å². The van der Waals surface area contributed by atoms with Crippen molar-refractivity contribution >= 4 is 43.0 Å². The van der Waals surface area contributed by atoms with E-state index in [9.17, 15) is 21.6 Å². The molecule has 0 saturated carbocycles. The number of aromatic nitrogens is 2. The first-order valence-corrected chi connectivity index (χ1v) is 10.3. The number of anilines is 1. The van der Waals surface area contributed by atoms with Crippen LogP contribution in [0.4, 0.5) is 18.9 Å². The number of alkyl halides is 3. The Morgan fingerprint density at radius 3 is 2.63 bits per heavy atom. The first-order chi connectivity index (χ1) is 12.6. The molecule has 0 aliphatic carbocycles. The largest absolute Gasteiger partial charge is 0.573 e. The number of sulfonamides is 1. The van der Waals surface area contributed by atoms with Crippen molar-refractivity contribution in [2.24, 2.45) is 0 Å². The molecule has 0 spiro atoms. The van der Waals surface area contributed by atoms with E-state index in [1.54, 1.807) is 10.9 Å². The third kappa shape index (κ3) is 4.96. The molecule has 0 bridgehead atoms. The molecule has 0 amide bonds. The third-order valence-corrected chi connectivity index (χ3v) is 5.62. The summed E-state index contributed by atoms with van der Waals surface area (Å²) in [6.45, 7) is 0. The predicted octanol–water partition coefficient (Wildman–Crippen LogP) is 4.67. The molecular formula is C15H9BrF3N3O3S2. The van der Waals surface area contributed by atoms with Crippen molar-refractivity contribution in [1.29, 1.82) is 0 Å². The van der Waals surface area contributed by atoms with Crippen molar-refractivity contribution in [3.8, 4) is 17.0 Å². The van der Waals surface area contributed by atoms with Crippen molar-refractivity contribution in [2.75, 3.05) is 4.72 Å².